The predicted octanol–water partition coefficient (Wildman–Crippen LogP) is 3.97. The Morgan fingerprint density at radius 3 is 2.69 bits per heavy atom. The van der Waals surface area contributed by atoms with Crippen LogP contribution < -0.4 is 5.43 Å². The van der Waals surface area contributed by atoms with Crippen LogP contribution in [0.5, 0.6) is 0 Å². The van der Waals surface area contributed by atoms with E-state index in [1.807, 2.05) is 36.7 Å². The molecular formula is C20H19ClN4O. The van der Waals surface area contributed by atoms with E-state index in [1.165, 1.54) is 5.56 Å². The smallest absolute Gasteiger partial charge is 0.267 e. The van der Waals surface area contributed by atoms with E-state index in [2.05, 4.69) is 27.8 Å². The van der Waals surface area contributed by atoms with E-state index in [0.29, 0.717) is 17.1 Å². The van der Waals surface area contributed by atoms with Crippen molar-refractivity contribution in [1.29, 1.82) is 0 Å². The highest BCUT2D eigenvalue weighted by Gasteiger charge is 2.10. The van der Waals surface area contributed by atoms with Crippen LogP contribution in [0.15, 0.2) is 59.7 Å². The number of amides is 1. The number of hydrazone groups is 1. The third-order valence-electron chi connectivity index (χ3n) is 4.06. The van der Waals surface area contributed by atoms with Crippen molar-refractivity contribution in [3.8, 4) is 0 Å². The number of halogens is 1. The SMILES string of the molecule is Cc1nn(Cc2ccccc2)c(C)c1/C=N\NC(=O)c1cccc(Cl)c1. The maximum Gasteiger partial charge on any atom is 0.271 e. The lowest BCUT2D eigenvalue weighted by atomic mass is 10.2. The van der Waals surface area contributed by atoms with Crippen LogP contribution in [-0.2, 0) is 6.54 Å². The first-order valence-electron chi connectivity index (χ1n) is 8.21. The second-order valence-electron chi connectivity index (χ2n) is 5.94. The molecule has 5 nitrogen and oxygen atoms in total. The summed E-state index contributed by atoms with van der Waals surface area (Å²) in [6.07, 6.45) is 1.63. The number of carbonyl (C=O) groups is 1. The number of nitrogens with zero attached hydrogens (tertiary/aromatic N) is 3. The molecule has 0 radical (unpaired) electrons. The fraction of sp³-hybridized carbons (Fsp3) is 0.150. The van der Waals surface area contributed by atoms with E-state index in [0.717, 1.165) is 17.0 Å². The Labute approximate surface area is 157 Å². The summed E-state index contributed by atoms with van der Waals surface area (Å²) in [5, 5.41) is 9.15. The van der Waals surface area contributed by atoms with Crippen molar-refractivity contribution in [2.45, 2.75) is 20.4 Å². The van der Waals surface area contributed by atoms with E-state index >= 15 is 0 Å². The predicted molar refractivity (Wildman–Crippen MR) is 104 cm³/mol. The molecule has 0 bridgehead atoms. The fourth-order valence-corrected chi connectivity index (χ4v) is 2.85. The van der Waals surface area contributed by atoms with Crippen LogP contribution in [0, 0.1) is 13.8 Å². The average Bonchev–Trinajstić information content (AvgIpc) is 2.90. The molecule has 1 amide bonds. The first-order chi connectivity index (χ1) is 12.5. The van der Waals surface area contributed by atoms with Crippen molar-refractivity contribution in [2.75, 3.05) is 0 Å². The molecule has 3 rings (SSSR count). The molecule has 6 heteroatoms. The topological polar surface area (TPSA) is 59.3 Å². The summed E-state index contributed by atoms with van der Waals surface area (Å²) in [4.78, 5) is 12.1. The molecule has 0 aliphatic carbocycles. The van der Waals surface area contributed by atoms with E-state index in [1.54, 1.807) is 30.5 Å². The molecule has 3 aromatic rings. The number of carbonyl (C=O) groups excluding carboxylic acids is 1. The van der Waals surface area contributed by atoms with Crippen LogP contribution in [0.4, 0.5) is 0 Å². The summed E-state index contributed by atoms with van der Waals surface area (Å²) < 4.78 is 1.94. The number of aryl methyl sites for hydroxylation is 1. The van der Waals surface area contributed by atoms with Gasteiger partial charge >= 0.3 is 0 Å². The number of nitrogens with one attached hydrogen (secondary N) is 1. The zero-order chi connectivity index (χ0) is 18.5. The Morgan fingerprint density at radius 2 is 1.96 bits per heavy atom. The lowest BCUT2D eigenvalue weighted by Crippen LogP contribution is -2.17. The lowest BCUT2D eigenvalue weighted by molar-refractivity contribution is 0.0955. The first kappa shape index (κ1) is 17.9. The van der Waals surface area contributed by atoms with E-state index < -0.39 is 0 Å². The van der Waals surface area contributed by atoms with Gasteiger partial charge in [0.25, 0.3) is 5.91 Å². The number of rotatable bonds is 5. The van der Waals surface area contributed by atoms with Gasteiger partial charge in [-0.2, -0.15) is 10.2 Å². The molecule has 132 valence electrons. The molecule has 0 saturated heterocycles. The molecular weight excluding hydrogens is 348 g/mol. The monoisotopic (exact) mass is 366 g/mol. The van der Waals surface area contributed by atoms with Crippen LogP contribution >= 0.6 is 11.6 Å². The Kier molecular flexibility index (Phi) is 5.49. The van der Waals surface area contributed by atoms with Gasteiger partial charge in [-0.25, -0.2) is 5.43 Å². The van der Waals surface area contributed by atoms with Gasteiger partial charge in [-0.3, -0.25) is 9.48 Å². The highest BCUT2D eigenvalue weighted by Crippen LogP contribution is 2.13. The van der Waals surface area contributed by atoms with Gasteiger partial charge in [0.05, 0.1) is 18.5 Å². The molecule has 2 aromatic carbocycles. The quantitative estimate of drug-likeness (QED) is 0.548. The van der Waals surface area contributed by atoms with Gasteiger partial charge in [-0.15, -0.1) is 0 Å². The molecule has 0 spiro atoms. The largest absolute Gasteiger partial charge is 0.271 e. The van der Waals surface area contributed by atoms with Crippen molar-refractivity contribution in [3.63, 3.8) is 0 Å². The minimum atomic E-state index is -0.310. The molecule has 1 N–H and O–H groups in total. The van der Waals surface area contributed by atoms with Crippen LogP contribution in [0.25, 0.3) is 0 Å². The van der Waals surface area contributed by atoms with Gasteiger partial charge in [0.2, 0.25) is 0 Å². The van der Waals surface area contributed by atoms with Gasteiger partial charge in [0.15, 0.2) is 0 Å². The molecule has 0 aliphatic heterocycles. The first-order valence-corrected chi connectivity index (χ1v) is 8.59. The van der Waals surface area contributed by atoms with Gasteiger partial charge in [0.1, 0.15) is 0 Å². The van der Waals surface area contributed by atoms with Crippen LogP contribution in [0.2, 0.25) is 5.02 Å². The summed E-state index contributed by atoms with van der Waals surface area (Å²) in [7, 11) is 0. The second kappa shape index (κ2) is 7.97. The molecule has 1 aromatic heterocycles. The number of hydrogen-bond donors (Lipinski definition) is 1. The summed E-state index contributed by atoms with van der Waals surface area (Å²) in [6, 6.07) is 16.9. The summed E-state index contributed by atoms with van der Waals surface area (Å²) in [5.41, 5.74) is 6.91. The highest BCUT2D eigenvalue weighted by molar-refractivity contribution is 6.30. The molecule has 0 atom stereocenters. The van der Waals surface area contributed by atoms with E-state index in [4.69, 9.17) is 11.6 Å². The minimum absolute atomic E-state index is 0.310. The maximum absolute atomic E-state index is 12.1. The van der Waals surface area contributed by atoms with Crippen molar-refractivity contribution in [1.82, 2.24) is 15.2 Å². The molecule has 0 unspecified atom stereocenters. The summed E-state index contributed by atoms with van der Waals surface area (Å²) in [6.45, 7) is 4.61. The second-order valence-corrected chi connectivity index (χ2v) is 6.37. The van der Waals surface area contributed by atoms with Crippen molar-refractivity contribution in [3.05, 3.63) is 87.7 Å². The molecule has 0 fully saturated rings. The molecule has 0 saturated carbocycles. The van der Waals surface area contributed by atoms with E-state index in [9.17, 15) is 4.79 Å². The fourth-order valence-electron chi connectivity index (χ4n) is 2.66. The van der Waals surface area contributed by atoms with Gasteiger partial charge < -0.3 is 0 Å². The Balaban J connectivity index is 1.71. The average molecular weight is 367 g/mol. The Hall–Kier alpha value is -2.92. The summed E-state index contributed by atoms with van der Waals surface area (Å²) in [5.74, 6) is -0.310. The lowest BCUT2D eigenvalue weighted by Gasteiger charge is -2.04. The molecule has 0 aliphatic rings. The van der Waals surface area contributed by atoms with Crippen molar-refractivity contribution < 1.29 is 4.79 Å². The highest BCUT2D eigenvalue weighted by atomic mass is 35.5. The third-order valence-corrected chi connectivity index (χ3v) is 4.29. The number of benzene rings is 2. The van der Waals surface area contributed by atoms with Gasteiger partial charge in [0, 0.05) is 21.8 Å². The number of hydrogen-bond acceptors (Lipinski definition) is 3. The number of aromatic nitrogens is 2. The minimum Gasteiger partial charge on any atom is -0.267 e. The summed E-state index contributed by atoms with van der Waals surface area (Å²) >= 11 is 5.90. The maximum atomic E-state index is 12.1. The van der Waals surface area contributed by atoms with Crippen molar-refractivity contribution in [2.24, 2.45) is 5.10 Å². The molecule has 1 heterocycles. The van der Waals surface area contributed by atoms with E-state index in [-0.39, 0.29) is 5.91 Å². The Bertz CT molecular complexity index is 948. The van der Waals surface area contributed by atoms with Gasteiger partial charge in [-0.1, -0.05) is 48.0 Å². The molecule has 26 heavy (non-hydrogen) atoms. The Morgan fingerprint density at radius 1 is 1.19 bits per heavy atom. The van der Waals surface area contributed by atoms with Crippen LogP contribution in [0.3, 0.4) is 0 Å². The van der Waals surface area contributed by atoms with Crippen LogP contribution in [-0.4, -0.2) is 21.9 Å². The van der Waals surface area contributed by atoms with Gasteiger partial charge in [-0.05, 0) is 37.6 Å². The normalized spacial score (nSPS) is 11.0. The zero-order valence-corrected chi connectivity index (χ0v) is 15.4. The van der Waals surface area contributed by atoms with Crippen molar-refractivity contribution >= 4 is 23.7 Å². The third kappa shape index (κ3) is 4.18. The standard InChI is InChI=1S/C20H19ClN4O/c1-14-19(12-22-23-20(26)17-9-6-10-18(21)11-17)15(2)25(24-14)13-16-7-4-3-5-8-16/h3-12H,13H2,1-2H3,(H,23,26)/b22-12-. The zero-order valence-electron chi connectivity index (χ0n) is 14.6. The van der Waals surface area contributed by atoms with Crippen LogP contribution in [0.1, 0.15) is 32.9 Å².